The van der Waals surface area contributed by atoms with Crippen LogP contribution >= 0.6 is 23.8 Å². The summed E-state index contributed by atoms with van der Waals surface area (Å²) in [6, 6.07) is 8.89. The van der Waals surface area contributed by atoms with Crippen molar-refractivity contribution in [1.82, 2.24) is 10.2 Å². The molecule has 0 unspecified atom stereocenters. The fourth-order valence-electron chi connectivity index (χ4n) is 4.07. The van der Waals surface area contributed by atoms with E-state index in [1.807, 2.05) is 39.0 Å². The average molecular weight is 535 g/mol. The normalized spacial score (nSPS) is 13.8. The van der Waals surface area contributed by atoms with Crippen LogP contribution in [-0.4, -0.2) is 68.5 Å². The number of likely N-dealkylation sites (N-methyl/N-ethyl adjacent to an activating group) is 1. The van der Waals surface area contributed by atoms with Gasteiger partial charge in [0.25, 0.3) is 5.91 Å². The zero-order chi connectivity index (χ0) is 26.1. The lowest BCUT2D eigenvalue weighted by Gasteiger charge is -2.37. The van der Waals surface area contributed by atoms with Gasteiger partial charge in [-0.15, -0.1) is 0 Å². The largest absolute Gasteiger partial charge is 0.490 e. The number of nitrogens with zero attached hydrogens (tertiary/aromatic N) is 2. The number of amides is 1. The molecule has 1 fully saturated rings. The molecule has 0 atom stereocenters. The predicted molar refractivity (Wildman–Crippen MR) is 149 cm³/mol. The van der Waals surface area contributed by atoms with Crippen LogP contribution in [0.25, 0.3) is 0 Å². The standard InChI is InChI=1S/C26H35ClN4O4S/c1-5-30-12-14-31(15-13-30)23-19(27)10-9-11-20(23)28-26(36)29-25(32)18-16-21(33-6-2)24(35-8-4)22(17-18)34-7-3/h9-11,16-17H,5-8,12-15H2,1-4H3,(H2,28,29,32,36). The van der Waals surface area contributed by atoms with E-state index in [0.29, 0.717) is 47.7 Å². The van der Waals surface area contributed by atoms with Gasteiger partial charge in [-0.1, -0.05) is 24.6 Å². The second-order valence-electron chi connectivity index (χ2n) is 8.07. The molecule has 0 aliphatic carbocycles. The van der Waals surface area contributed by atoms with Gasteiger partial charge in [-0.25, -0.2) is 0 Å². The molecule has 1 heterocycles. The quantitative estimate of drug-likeness (QED) is 0.421. The van der Waals surface area contributed by atoms with Crippen LogP contribution in [0.2, 0.25) is 5.02 Å². The second kappa shape index (κ2) is 13.5. The first-order valence-electron chi connectivity index (χ1n) is 12.4. The van der Waals surface area contributed by atoms with E-state index in [1.165, 1.54) is 0 Å². The third kappa shape index (κ3) is 6.93. The molecule has 0 radical (unpaired) electrons. The predicted octanol–water partition coefficient (Wildman–Crippen LogP) is 4.80. The molecule has 2 aromatic carbocycles. The van der Waals surface area contributed by atoms with Crippen molar-refractivity contribution < 1.29 is 19.0 Å². The van der Waals surface area contributed by atoms with Crippen LogP contribution < -0.4 is 29.7 Å². The second-order valence-corrected chi connectivity index (χ2v) is 8.88. The molecule has 2 aromatic rings. The number of nitrogens with one attached hydrogen (secondary N) is 2. The Hall–Kier alpha value is -2.75. The molecule has 0 aromatic heterocycles. The first-order chi connectivity index (χ1) is 17.4. The van der Waals surface area contributed by atoms with Crippen LogP contribution in [0.4, 0.5) is 11.4 Å². The minimum Gasteiger partial charge on any atom is -0.490 e. The van der Waals surface area contributed by atoms with Crippen LogP contribution in [0.15, 0.2) is 30.3 Å². The van der Waals surface area contributed by atoms with Crippen LogP contribution in [0.1, 0.15) is 38.1 Å². The highest BCUT2D eigenvalue weighted by molar-refractivity contribution is 7.80. The van der Waals surface area contributed by atoms with E-state index in [1.54, 1.807) is 12.1 Å². The zero-order valence-electron chi connectivity index (χ0n) is 21.4. The van der Waals surface area contributed by atoms with E-state index in [0.717, 1.165) is 44.1 Å². The SMILES string of the molecule is CCOc1cc(C(=O)NC(=S)Nc2cccc(Cl)c2N2CCN(CC)CC2)cc(OCC)c1OCC. The highest BCUT2D eigenvalue weighted by Gasteiger charge is 2.22. The summed E-state index contributed by atoms with van der Waals surface area (Å²) in [6.45, 7) is 13.7. The average Bonchev–Trinajstić information content (AvgIpc) is 2.86. The number of carbonyl (C=O) groups is 1. The fourth-order valence-corrected chi connectivity index (χ4v) is 4.57. The maximum atomic E-state index is 13.1. The fraction of sp³-hybridized carbons (Fsp3) is 0.462. The molecule has 0 bridgehead atoms. The van der Waals surface area contributed by atoms with Crippen molar-refractivity contribution in [3.05, 3.63) is 40.9 Å². The van der Waals surface area contributed by atoms with Gasteiger partial charge in [-0.05, 0) is 63.8 Å². The monoisotopic (exact) mass is 534 g/mol. The summed E-state index contributed by atoms with van der Waals surface area (Å²) in [7, 11) is 0. The molecule has 1 amide bonds. The van der Waals surface area contributed by atoms with Crippen molar-refractivity contribution in [2.45, 2.75) is 27.7 Å². The lowest BCUT2D eigenvalue weighted by molar-refractivity contribution is 0.0976. The Kier molecular flexibility index (Phi) is 10.5. The zero-order valence-corrected chi connectivity index (χ0v) is 22.9. The number of carbonyl (C=O) groups excluding carboxylic acids is 1. The molecule has 0 saturated carbocycles. The Morgan fingerprint density at radius 2 is 1.58 bits per heavy atom. The first kappa shape index (κ1) is 27.8. The van der Waals surface area contributed by atoms with Gasteiger partial charge >= 0.3 is 0 Å². The molecule has 36 heavy (non-hydrogen) atoms. The smallest absolute Gasteiger partial charge is 0.257 e. The molecule has 8 nitrogen and oxygen atoms in total. The molecule has 1 saturated heterocycles. The number of halogens is 1. The van der Waals surface area contributed by atoms with Crippen molar-refractivity contribution in [2.24, 2.45) is 0 Å². The molecule has 1 aliphatic rings. The Morgan fingerprint density at radius 1 is 0.972 bits per heavy atom. The highest BCUT2D eigenvalue weighted by Crippen LogP contribution is 2.39. The van der Waals surface area contributed by atoms with Crippen LogP contribution in [0, 0.1) is 0 Å². The van der Waals surface area contributed by atoms with Crippen molar-refractivity contribution in [2.75, 3.05) is 62.8 Å². The van der Waals surface area contributed by atoms with E-state index in [-0.39, 0.29) is 5.11 Å². The van der Waals surface area contributed by atoms with Gasteiger partial charge < -0.3 is 29.3 Å². The topological polar surface area (TPSA) is 75.3 Å². The van der Waals surface area contributed by atoms with Gasteiger partial charge in [-0.3, -0.25) is 10.1 Å². The van der Waals surface area contributed by atoms with Gasteiger partial charge in [0.2, 0.25) is 5.75 Å². The lowest BCUT2D eigenvalue weighted by Crippen LogP contribution is -2.46. The van der Waals surface area contributed by atoms with Crippen LogP contribution in [0.5, 0.6) is 17.2 Å². The number of ether oxygens (including phenoxy) is 3. The summed E-state index contributed by atoms with van der Waals surface area (Å²) in [5.41, 5.74) is 1.97. The van der Waals surface area contributed by atoms with Gasteiger partial charge in [0, 0.05) is 31.7 Å². The summed E-state index contributed by atoms with van der Waals surface area (Å²) in [6.07, 6.45) is 0. The number of hydrogen-bond donors (Lipinski definition) is 2. The maximum absolute atomic E-state index is 13.1. The Balaban J connectivity index is 1.78. The van der Waals surface area contributed by atoms with Crippen LogP contribution in [0.3, 0.4) is 0 Å². The number of para-hydroxylation sites is 1. The third-order valence-corrected chi connectivity index (χ3v) is 6.28. The van der Waals surface area contributed by atoms with Crippen molar-refractivity contribution in [1.29, 1.82) is 0 Å². The third-order valence-electron chi connectivity index (χ3n) is 5.77. The number of hydrogen-bond acceptors (Lipinski definition) is 7. The molecule has 3 rings (SSSR count). The molecule has 196 valence electrons. The summed E-state index contributed by atoms with van der Waals surface area (Å²) in [5.74, 6) is 0.970. The maximum Gasteiger partial charge on any atom is 0.257 e. The minimum absolute atomic E-state index is 0.167. The Bertz CT molecular complexity index is 1030. The minimum atomic E-state index is -0.391. The molecule has 0 spiro atoms. The first-order valence-corrected chi connectivity index (χ1v) is 13.1. The number of benzene rings is 2. The molecule has 2 N–H and O–H groups in total. The highest BCUT2D eigenvalue weighted by atomic mass is 35.5. The summed E-state index contributed by atoms with van der Waals surface area (Å²) >= 11 is 12.1. The van der Waals surface area contributed by atoms with Crippen molar-refractivity contribution in [3.8, 4) is 17.2 Å². The molecular formula is C26H35ClN4O4S. The number of rotatable bonds is 10. The molecular weight excluding hydrogens is 500 g/mol. The molecule has 1 aliphatic heterocycles. The van der Waals surface area contributed by atoms with Crippen molar-refractivity contribution >= 4 is 46.2 Å². The number of piperazine rings is 1. The lowest BCUT2D eigenvalue weighted by atomic mass is 10.1. The van der Waals surface area contributed by atoms with E-state index in [9.17, 15) is 4.79 Å². The Labute approximate surface area is 223 Å². The van der Waals surface area contributed by atoms with E-state index < -0.39 is 5.91 Å². The summed E-state index contributed by atoms with van der Waals surface area (Å²) in [5, 5.41) is 6.72. The van der Waals surface area contributed by atoms with Gasteiger partial charge in [0.05, 0.1) is 36.2 Å². The number of thiocarbonyl (C=S) groups is 1. The molecule has 10 heteroatoms. The van der Waals surface area contributed by atoms with E-state index >= 15 is 0 Å². The van der Waals surface area contributed by atoms with Crippen LogP contribution in [-0.2, 0) is 0 Å². The van der Waals surface area contributed by atoms with Gasteiger partial charge in [-0.2, -0.15) is 0 Å². The summed E-state index contributed by atoms with van der Waals surface area (Å²) in [4.78, 5) is 17.8. The van der Waals surface area contributed by atoms with E-state index in [4.69, 9.17) is 38.0 Å². The number of anilines is 2. The van der Waals surface area contributed by atoms with Crippen molar-refractivity contribution in [3.63, 3.8) is 0 Å². The summed E-state index contributed by atoms with van der Waals surface area (Å²) < 4.78 is 17.2. The van der Waals surface area contributed by atoms with Gasteiger partial charge in [0.1, 0.15) is 0 Å². The van der Waals surface area contributed by atoms with Gasteiger partial charge in [0.15, 0.2) is 16.6 Å². The Morgan fingerprint density at radius 3 is 2.14 bits per heavy atom. The van der Waals surface area contributed by atoms with E-state index in [2.05, 4.69) is 27.4 Å².